The van der Waals surface area contributed by atoms with Crippen molar-refractivity contribution in [2.75, 3.05) is 6.26 Å². The Morgan fingerprint density at radius 2 is 2.00 bits per heavy atom. The Balaban J connectivity index is 3.22. The first-order valence-corrected chi connectivity index (χ1v) is 6.70. The van der Waals surface area contributed by atoms with Crippen LogP contribution in [0.4, 0.5) is 0 Å². The normalized spacial score (nSPS) is 11.6. The topological polar surface area (TPSA) is 34.1 Å². The Kier molecular flexibility index (Phi) is 3.56. The van der Waals surface area contributed by atoms with Gasteiger partial charge in [-0.05, 0) is 24.1 Å². The molecule has 0 saturated heterocycles. The second kappa shape index (κ2) is 4.32. The minimum Gasteiger partial charge on any atom is -0.224 e. The molecule has 2 nitrogen and oxygen atoms in total. The number of sulfone groups is 1. The molecule has 0 radical (unpaired) electrons. The second-order valence-corrected chi connectivity index (χ2v) is 5.68. The van der Waals surface area contributed by atoms with Crippen molar-refractivity contribution in [2.24, 2.45) is 0 Å². The Labute approximate surface area is 89.8 Å². The first-order valence-electron chi connectivity index (χ1n) is 4.43. The lowest BCUT2D eigenvalue weighted by Crippen LogP contribution is -1.99. The lowest BCUT2D eigenvalue weighted by molar-refractivity contribution is 0.601. The molecule has 0 aliphatic heterocycles. The van der Waals surface area contributed by atoms with Gasteiger partial charge in [-0.3, -0.25) is 0 Å². The number of hydrogen-bond donors (Lipinski definition) is 0. The molecule has 0 fully saturated rings. The summed E-state index contributed by atoms with van der Waals surface area (Å²) in [5.74, 6) is 0. The molecule has 1 rings (SSSR count). The molecule has 0 atom stereocenters. The molecule has 0 aliphatic rings. The van der Waals surface area contributed by atoms with Gasteiger partial charge in [-0.2, -0.15) is 0 Å². The van der Waals surface area contributed by atoms with Gasteiger partial charge in [0.25, 0.3) is 0 Å². The summed E-state index contributed by atoms with van der Waals surface area (Å²) in [6, 6.07) is 5.16. The molecule has 0 aromatic heterocycles. The number of aryl methyl sites for hydroxylation is 1. The number of hydrogen-bond acceptors (Lipinski definition) is 2. The summed E-state index contributed by atoms with van der Waals surface area (Å²) in [6.45, 7) is 2.05. The molecule has 0 unspecified atom stereocenters. The van der Waals surface area contributed by atoms with E-state index in [4.69, 9.17) is 11.6 Å². The zero-order valence-electron chi connectivity index (χ0n) is 8.25. The predicted octanol–water partition coefficient (Wildman–Crippen LogP) is 2.70. The maximum atomic E-state index is 11.3. The van der Waals surface area contributed by atoms with E-state index in [0.717, 1.165) is 18.4 Å². The third-order valence-corrected chi connectivity index (χ3v) is 3.51. The van der Waals surface area contributed by atoms with Crippen LogP contribution in [0, 0.1) is 0 Å². The van der Waals surface area contributed by atoms with Gasteiger partial charge in [0, 0.05) is 6.26 Å². The summed E-state index contributed by atoms with van der Waals surface area (Å²) in [5.41, 5.74) is 1.01. The lowest BCUT2D eigenvalue weighted by atomic mass is 10.1. The maximum Gasteiger partial charge on any atom is 0.177 e. The highest BCUT2D eigenvalue weighted by atomic mass is 35.5. The highest BCUT2D eigenvalue weighted by Gasteiger charge is 2.12. The summed E-state index contributed by atoms with van der Waals surface area (Å²) in [5, 5.41) is 0.298. The van der Waals surface area contributed by atoms with Gasteiger partial charge in [0.05, 0.1) is 9.92 Å². The lowest BCUT2D eigenvalue weighted by Gasteiger charge is -2.04. The fraction of sp³-hybridized carbons (Fsp3) is 0.400. The Bertz CT molecular complexity index is 424. The molecule has 0 spiro atoms. The van der Waals surface area contributed by atoms with E-state index < -0.39 is 9.84 Å². The van der Waals surface area contributed by atoms with E-state index in [-0.39, 0.29) is 4.90 Å². The monoisotopic (exact) mass is 232 g/mol. The molecule has 0 bridgehead atoms. The van der Waals surface area contributed by atoms with Gasteiger partial charge in [-0.25, -0.2) is 8.42 Å². The Morgan fingerprint density at radius 1 is 1.36 bits per heavy atom. The van der Waals surface area contributed by atoms with E-state index in [1.165, 1.54) is 6.26 Å². The predicted molar refractivity (Wildman–Crippen MR) is 58.6 cm³/mol. The fourth-order valence-electron chi connectivity index (χ4n) is 1.28. The molecule has 1 aromatic rings. The first-order chi connectivity index (χ1) is 6.45. The summed E-state index contributed by atoms with van der Waals surface area (Å²) in [4.78, 5) is 0.227. The highest BCUT2D eigenvalue weighted by molar-refractivity contribution is 7.90. The van der Waals surface area contributed by atoms with Crippen molar-refractivity contribution in [2.45, 2.75) is 24.7 Å². The van der Waals surface area contributed by atoms with Crippen LogP contribution >= 0.6 is 11.6 Å². The second-order valence-electron chi connectivity index (χ2n) is 3.29. The molecule has 0 heterocycles. The van der Waals surface area contributed by atoms with Crippen molar-refractivity contribution in [1.82, 2.24) is 0 Å². The molecule has 78 valence electrons. The number of benzene rings is 1. The minimum atomic E-state index is -3.21. The van der Waals surface area contributed by atoms with E-state index in [1.807, 2.05) is 6.07 Å². The molecular weight excluding hydrogens is 220 g/mol. The van der Waals surface area contributed by atoms with Crippen LogP contribution in [-0.2, 0) is 16.3 Å². The zero-order valence-corrected chi connectivity index (χ0v) is 9.82. The van der Waals surface area contributed by atoms with Crippen molar-refractivity contribution in [3.63, 3.8) is 0 Å². The van der Waals surface area contributed by atoms with Crippen LogP contribution in [0.3, 0.4) is 0 Å². The van der Waals surface area contributed by atoms with E-state index in [0.29, 0.717) is 5.02 Å². The Morgan fingerprint density at radius 3 is 2.50 bits per heavy atom. The van der Waals surface area contributed by atoms with Crippen LogP contribution in [0.2, 0.25) is 5.02 Å². The van der Waals surface area contributed by atoms with Gasteiger partial charge in [0.1, 0.15) is 0 Å². The SMILES string of the molecule is CCCc1ccc(Cl)c(S(C)(=O)=O)c1. The molecule has 4 heteroatoms. The van der Waals surface area contributed by atoms with Gasteiger partial charge in [0.2, 0.25) is 0 Å². The van der Waals surface area contributed by atoms with Crippen LogP contribution in [0.5, 0.6) is 0 Å². The average molecular weight is 233 g/mol. The summed E-state index contributed by atoms with van der Waals surface area (Å²) in [7, 11) is -3.21. The molecule has 0 saturated carbocycles. The van der Waals surface area contributed by atoms with E-state index in [9.17, 15) is 8.42 Å². The summed E-state index contributed by atoms with van der Waals surface area (Å²) >= 11 is 5.80. The number of rotatable bonds is 3. The van der Waals surface area contributed by atoms with E-state index in [1.54, 1.807) is 12.1 Å². The van der Waals surface area contributed by atoms with E-state index >= 15 is 0 Å². The quantitative estimate of drug-likeness (QED) is 0.803. The maximum absolute atomic E-state index is 11.3. The molecular formula is C10H13ClO2S. The number of halogens is 1. The van der Waals surface area contributed by atoms with Gasteiger partial charge < -0.3 is 0 Å². The first kappa shape index (κ1) is 11.5. The fourth-order valence-corrected chi connectivity index (χ4v) is 2.60. The van der Waals surface area contributed by atoms with Crippen molar-refractivity contribution in [1.29, 1.82) is 0 Å². The van der Waals surface area contributed by atoms with Crippen molar-refractivity contribution < 1.29 is 8.42 Å². The van der Waals surface area contributed by atoms with Gasteiger partial charge in [-0.1, -0.05) is 31.0 Å². The summed E-state index contributed by atoms with van der Waals surface area (Å²) in [6.07, 6.45) is 3.04. The van der Waals surface area contributed by atoms with Crippen LogP contribution in [0.15, 0.2) is 23.1 Å². The largest absolute Gasteiger partial charge is 0.224 e. The zero-order chi connectivity index (χ0) is 10.8. The van der Waals surface area contributed by atoms with Crippen LogP contribution in [0.1, 0.15) is 18.9 Å². The molecule has 14 heavy (non-hydrogen) atoms. The van der Waals surface area contributed by atoms with Gasteiger partial charge >= 0.3 is 0 Å². The molecule has 1 aromatic carbocycles. The van der Waals surface area contributed by atoms with Crippen LogP contribution in [0.25, 0.3) is 0 Å². The van der Waals surface area contributed by atoms with Gasteiger partial charge in [-0.15, -0.1) is 0 Å². The minimum absolute atomic E-state index is 0.227. The highest BCUT2D eigenvalue weighted by Crippen LogP contribution is 2.22. The van der Waals surface area contributed by atoms with Crippen molar-refractivity contribution in [3.05, 3.63) is 28.8 Å². The van der Waals surface area contributed by atoms with E-state index in [2.05, 4.69) is 6.92 Å². The van der Waals surface area contributed by atoms with Gasteiger partial charge in [0.15, 0.2) is 9.84 Å². The van der Waals surface area contributed by atoms with Crippen LogP contribution in [-0.4, -0.2) is 14.7 Å². The van der Waals surface area contributed by atoms with Crippen molar-refractivity contribution >= 4 is 21.4 Å². The summed E-state index contributed by atoms with van der Waals surface area (Å²) < 4.78 is 22.7. The molecule has 0 aliphatic carbocycles. The standard InChI is InChI=1S/C10H13ClO2S/c1-3-4-8-5-6-9(11)10(7-8)14(2,12)13/h5-7H,3-4H2,1-2H3. The smallest absolute Gasteiger partial charge is 0.177 e. The van der Waals surface area contributed by atoms with Crippen molar-refractivity contribution in [3.8, 4) is 0 Å². The van der Waals surface area contributed by atoms with Crippen LogP contribution < -0.4 is 0 Å². The average Bonchev–Trinajstić information content (AvgIpc) is 2.07. The third kappa shape index (κ3) is 2.72. The third-order valence-electron chi connectivity index (χ3n) is 1.93. The molecule has 0 N–H and O–H groups in total. The Hall–Kier alpha value is -0.540. The molecule has 0 amide bonds.